The first-order valence-electron chi connectivity index (χ1n) is 23.6. The molecular formula is C58H52F2O14. The lowest BCUT2D eigenvalue weighted by atomic mass is 9.88. The van der Waals surface area contributed by atoms with Crippen LogP contribution in [0.5, 0.6) is 23.0 Å². The predicted octanol–water partition coefficient (Wildman–Crippen LogP) is 12.3. The molecule has 6 aromatic rings. The van der Waals surface area contributed by atoms with Gasteiger partial charge in [-0.2, -0.15) is 0 Å². The van der Waals surface area contributed by atoms with Crippen molar-refractivity contribution in [2.75, 3.05) is 26.4 Å². The highest BCUT2D eigenvalue weighted by Crippen LogP contribution is 2.44. The van der Waals surface area contributed by atoms with E-state index in [-0.39, 0.29) is 36.3 Å². The fraction of sp³-hybridized carbons (Fsp3) is 0.207. The maximum atomic E-state index is 13.2. The van der Waals surface area contributed by atoms with Gasteiger partial charge in [0.2, 0.25) is 0 Å². The SMILES string of the molecule is O=C(C=Cc1ccc(OCCCCCCOc2ccc(C(=O)O)c(C(=O)O)c2-c2c(OCCCCCCOc3ccc(C=CC(=O)c4ccc(F)cc4)cc3)ccc(C(=O)O)c2C(=O)O)cc1)c1ccc(F)cc1. The molecule has 0 unspecified atom stereocenters. The second kappa shape index (κ2) is 27.1. The number of hydrogen-bond donors (Lipinski definition) is 4. The van der Waals surface area contributed by atoms with Crippen molar-refractivity contribution in [1.29, 1.82) is 0 Å². The molecule has 0 atom stereocenters. The standard InChI is InChI=1S/C58H52F2O14/c59-41-19-15-39(16-20-41)47(61)29-13-37-9-23-43(24-10-37)71-33-5-1-3-7-35-73-49-31-27-45(55(63)64)51(57(67)68)53(49)54-50(32-28-46(56(65)66)52(54)58(69)70)74-36-8-4-2-6-34-72-44-25-11-38(12-26-44)14-30-48(62)40-17-21-42(60)22-18-40/h9-32H,1-8,33-36H2,(H,63,64)(H,65,66)(H,67,68)(H,69,70). The number of rotatable bonds is 29. The van der Waals surface area contributed by atoms with Gasteiger partial charge in [-0.05, 0) is 172 Å². The minimum atomic E-state index is -1.72. The summed E-state index contributed by atoms with van der Waals surface area (Å²) in [6, 6.07) is 29.2. The van der Waals surface area contributed by atoms with Crippen molar-refractivity contribution >= 4 is 47.6 Å². The van der Waals surface area contributed by atoms with Gasteiger partial charge in [-0.25, -0.2) is 28.0 Å². The average molecular weight is 1010 g/mol. The van der Waals surface area contributed by atoms with Gasteiger partial charge in [0, 0.05) is 22.3 Å². The Morgan fingerprint density at radius 3 is 1.01 bits per heavy atom. The first-order valence-corrected chi connectivity index (χ1v) is 23.6. The van der Waals surface area contributed by atoms with Crippen LogP contribution in [0.4, 0.5) is 8.78 Å². The molecule has 0 amide bonds. The fourth-order valence-electron chi connectivity index (χ4n) is 7.68. The smallest absolute Gasteiger partial charge is 0.337 e. The number of carboxylic acid groups (broad SMARTS) is 4. The molecule has 6 aromatic carbocycles. The Morgan fingerprint density at radius 2 is 0.703 bits per heavy atom. The number of ether oxygens (including phenoxy) is 4. The van der Waals surface area contributed by atoms with Gasteiger partial charge >= 0.3 is 23.9 Å². The van der Waals surface area contributed by atoms with E-state index >= 15 is 0 Å². The Morgan fingerprint density at radius 1 is 0.378 bits per heavy atom. The van der Waals surface area contributed by atoms with Crippen molar-refractivity contribution in [2.24, 2.45) is 0 Å². The van der Waals surface area contributed by atoms with Crippen LogP contribution in [0.3, 0.4) is 0 Å². The van der Waals surface area contributed by atoms with E-state index in [0.717, 1.165) is 23.3 Å². The Balaban J connectivity index is 1.03. The van der Waals surface area contributed by atoms with E-state index in [4.69, 9.17) is 18.9 Å². The number of hydrogen-bond acceptors (Lipinski definition) is 10. The van der Waals surface area contributed by atoms with Crippen LogP contribution in [0, 0.1) is 11.6 Å². The number of unbranched alkanes of at least 4 members (excludes halogenated alkanes) is 6. The van der Waals surface area contributed by atoms with Crippen LogP contribution in [0.1, 0.15) is 125 Å². The molecule has 0 fully saturated rings. The zero-order chi connectivity index (χ0) is 53.0. The maximum Gasteiger partial charge on any atom is 0.337 e. The summed E-state index contributed by atoms with van der Waals surface area (Å²) in [6.45, 7) is 0.786. The van der Waals surface area contributed by atoms with Gasteiger partial charge in [0.1, 0.15) is 34.6 Å². The molecule has 0 aliphatic heterocycles. The van der Waals surface area contributed by atoms with E-state index in [0.29, 0.717) is 87.2 Å². The van der Waals surface area contributed by atoms with Gasteiger partial charge in [0.05, 0.1) is 48.7 Å². The molecule has 0 aliphatic carbocycles. The second-order valence-electron chi connectivity index (χ2n) is 16.7. The minimum absolute atomic E-state index is 0.00373. The molecule has 0 heterocycles. The van der Waals surface area contributed by atoms with Gasteiger partial charge in [-0.3, -0.25) is 9.59 Å². The summed E-state index contributed by atoms with van der Waals surface area (Å²) in [5.41, 5.74) is -1.64. The molecular weight excluding hydrogens is 959 g/mol. The van der Waals surface area contributed by atoms with Gasteiger partial charge in [0.15, 0.2) is 11.6 Å². The van der Waals surface area contributed by atoms with Gasteiger partial charge in [-0.1, -0.05) is 36.4 Å². The summed E-state index contributed by atoms with van der Waals surface area (Å²) >= 11 is 0. The summed E-state index contributed by atoms with van der Waals surface area (Å²) in [7, 11) is 0. The van der Waals surface area contributed by atoms with Crippen LogP contribution in [-0.2, 0) is 0 Å². The number of carboxylic acids is 4. The number of allylic oxidation sites excluding steroid dienone is 2. The third kappa shape index (κ3) is 15.5. The van der Waals surface area contributed by atoms with E-state index < -0.39 is 68.9 Å². The summed E-state index contributed by atoms with van der Waals surface area (Å²) in [4.78, 5) is 75.3. The molecule has 6 rings (SSSR count). The molecule has 74 heavy (non-hydrogen) atoms. The highest BCUT2D eigenvalue weighted by Gasteiger charge is 2.33. The largest absolute Gasteiger partial charge is 0.494 e. The molecule has 0 bridgehead atoms. The first kappa shape index (κ1) is 54.4. The van der Waals surface area contributed by atoms with Crippen LogP contribution < -0.4 is 18.9 Å². The van der Waals surface area contributed by atoms with E-state index in [9.17, 15) is 58.0 Å². The van der Waals surface area contributed by atoms with Crippen molar-refractivity contribution in [1.82, 2.24) is 0 Å². The second-order valence-corrected chi connectivity index (χ2v) is 16.7. The van der Waals surface area contributed by atoms with Gasteiger partial charge in [0.25, 0.3) is 0 Å². The van der Waals surface area contributed by atoms with Gasteiger partial charge in [-0.15, -0.1) is 0 Å². The van der Waals surface area contributed by atoms with Crippen LogP contribution in [0.25, 0.3) is 23.3 Å². The molecule has 14 nitrogen and oxygen atoms in total. The Hall–Kier alpha value is -8.92. The van der Waals surface area contributed by atoms with Crippen molar-refractivity contribution in [3.8, 4) is 34.1 Å². The van der Waals surface area contributed by atoms with Crippen LogP contribution in [-0.4, -0.2) is 82.3 Å². The average Bonchev–Trinajstić information content (AvgIpc) is 3.39. The van der Waals surface area contributed by atoms with Crippen LogP contribution in [0.15, 0.2) is 133 Å². The molecule has 0 spiro atoms. The lowest BCUT2D eigenvalue weighted by molar-refractivity contribution is 0.0649. The van der Waals surface area contributed by atoms with Crippen molar-refractivity contribution in [2.45, 2.75) is 51.4 Å². The highest BCUT2D eigenvalue weighted by atomic mass is 19.1. The molecule has 0 aliphatic rings. The third-order valence-electron chi connectivity index (χ3n) is 11.5. The Bertz CT molecular complexity index is 2790. The van der Waals surface area contributed by atoms with Crippen molar-refractivity contribution in [3.05, 3.63) is 190 Å². The number of carbonyl (C=O) groups excluding carboxylic acids is 2. The number of carbonyl (C=O) groups is 6. The monoisotopic (exact) mass is 1010 g/mol. The predicted molar refractivity (Wildman–Crippen MR) is 271 cm³/mol. The van der Waals surface area contributed by atoms with E-state index in [1.807, 2.05) is 0 Å². The number of ketones is 2. The molecule has 0 saturated carbocycles. The van der Waals surface area contributed by atoms with Crippen LogP contribution in [0.2, 0.25) is 0 Å². The zero-order valence-electron chi connectivity index (χ0n) is 40.0. The normalized spacial score (nSPS) is 11.1. The quantitative estimate of drug-likeness (QED) is 0.0195. The minimum Gasteiger partial charge on any atom is -0.494 e. The number of aromatic carboxylic acids is 4. The summed E-state index contributed by atoms with van der Waals surface area (Å²) in [6.07, 6.45) is 11.0. The number of benzene rings is 6. The number of halogens is 2. The van der Waals surface area contributed by atoms with Gasteiger partial charge < -0.3 is 39.4 Å². The molecule has 0 aromatic heterocycles. The molecule has 382 valence electrons. The van der Waals surface area contributed by atoms with Crippen molar-refractivity contribution < 1.29 is 76.9 Å². The topological polar surface area (TPSA) is 220 Å². The zero-order valence-corrected chi connectivity index (χ0v) is 40.0. The maximum absolute atomic E-state index is 13.2. The van der Waals surface area contributed by atoms with Crippen LogP contribution >= 0.6 is 0 Å². The highest BCUT2D eigenvalue weighted by molar-refractivity contribution is 6.14. The molecule has 0 radical (unpaired) electrons. The first-order chi connectivity index (χ1) is 35.7. The van der Waals surface area contributed by atoms with E-state index in [1.165, 1.54) is 72.8 Å². The third-order valence-corrected chi connectivity index (χ3v) is 11.5. The lowest BCUT2D eigenvalue weighted by Gasteiger charge is -2.21. The Kier molecular flexibility index (Phi) is 19.9. The summed E-state index contributed by atoms with van der Waals surface area (Å²) < 4.78 is 50.2. The summed E-state index contributed by atoms with van der Waals surface area (Å²) in [5.74, 6) is -7.22. The Labute approximate surface area is 424 Å². The molecule has 0 saturated heterocycles. The lowest BCUT2D eigenvalue weighted by Crippen LogP contribution is -2.16. The summed E-state index contributed by atoms with van der Waals surface area (Å²) in [5, 5.41) is 41.0. The molecule has 4 N–H and O–H groups in total. The molecule has 16 heteroatoms. The van der Waals surface area contributed by atoms with E-state index in [1.54, 1.807) is 60.7 Å². The van der Waals surface area contributed by atoms with E-state index in [2.05, 4.69) is 0 Å². The van der Waals surface area contributed by atoms with Crippen molar-refractivity contribution in [3.63, 3.8) is 0 Å². The fourth-order valence-corrected chi connectivity index (χ4v) is 7.68.